The predicted molar refractivity (Wildman–Crippen MR) is 123 cm³/mol. The number of aryl methyl sites for hydroxylation is 1. The Morgan fingerprint density at radius 3 is 2.88 bits per heavy atom. The van der Waals surface area contributed by atoms with Crippen molar-refractivity contribution in [2.75, 3.05) is 31.6 Å². The molecule has 0 spiro atoms. The van der Waals surface area contributed by atoms with Gasteiger partial charge < -0.3 is 14.0 Å². The van der Waals surface area contributed by atoms with Crippen LogP contribution in [0.25, 0.3) is 27.3 Å². The van der Waals surface area contributed by atoms with Crippen LogP contribution in [0.1, 0.15) is 11.3 Å². The van der Waals surface area contributed by atoms with Crippen LogP contribution in [0.5, 0.6) is 0 Å². The van der Waals surface area contributed by atoms with E-state index in [2.05, 4.69) is 16.4 Å². The number of benzene rings is 1. The topological polar surface area (TPSA) is 95.6 Å². The normalized spacial score (nSPS) is 13.8. The molecule has 0 aliphatic carbocycles. The van der Waals surface area contributed by atoms with E-state index in [1.54, 1.807) is 11.0 Å². The van der Waals surface area contributed by atoms with Gasteiger partial charge in [0.2, 0.25) is 0 Å². The second kappa shape index (κ2) is 8.42. The molecule has 4 aromatic rings. The zero-order valence-corrected chi connectivity index (χ0v) is 18.2. The molecule has 1 saturated heterocycles. The number of fused-ring (bicyclic) bond motifs is 1. The number of amides is 2. The fourth-order valence-corrected chi connectivity index (χ4v) is 4.64. The summed E-state index contributed by atoms with van der Waals surface area (Å²) in [6, 6.07) is 13.3. The van der Waals surface area contributed by atoms with Gasteiger partial charge in [0, 0.05) is 42.3 Å². The van der Waals surface area contributed by atoms with Gasteiger partial charge in [0.25, 0.3) is 0 Å². The third-order valence-corrected chi connectivity index (χ3v) is 6.38. The van der Waals surface area contributed by atoms with Gasteiger partial charge in [-0.3, -0.25) is 5.32 Å². The van der Waals surface area contributed by atoms with Gasteiger partial charge in [-0.25, -0.2) is 14.8 Å². The summed E-state index contributed by atoms with van der Waals surface area (Å²) in [4.78, 5) is 24.5. The lowest BCUT2D eigenvalue weighted by molar-refractivity contribution is 0.0564. The molecule has 0 saturated carbocycles. The van der Waals surface area contributed by atoms with Crippen LogP contribution in [0.4, 0.5) is 9.93 Å². The molecule has 0 atom stereocenters. The number of anilines is 1. The first-order valence-corrected chi connectivity index (χ1v) is 11.0. The van der Waals surface area contributed by atoms with E-state index in [-0.39, 0.29) is 6.03 Å². The minimum absolute atomic E-state index is 0.188. The van der Waals surface area contributed by atoms with Crippen LogP contribution < -0.4 is 5.32 Å². The molecular weight excluding hydrogens is 424 g/mol. The van der Waals surface area contributed by atoms with Crippen LogP contribution in [0.15, 0.2) is 48.8 Å². The number of aromatic nitrogens is 3. The van der Waals surface area contributed by atoms with E-state index in [0.717, 1.165) is 33.0 Å². The minimum atomic E-state index is -0.188. The predicted octanol–water partition coefficient (Wildman–Crippen LogP) is 4.17. The van der Waals surface area contributed by atoms with Crippen LogP contribution in [-0.4, -0.2) is 51.6 Å². The summed E-state index contributed by atoms with van der Waals surface area (Å²) in [5, 5.41) is 12.8. The summed E-state index contributed by atoms with van der Waals surface area (Å²) < 4.78 is 7.35. The number of thiazole rings is 1. The van der Waals surface area contributed by atoms with Crippen LogP contribution in [0.3, 0.4) is 0 Å². The number of hydrogen-bond donors (Lipinski definition) is 1. The molecule has 0 radical (unpaired) electrons. The van der Waals surface area contributed by atoms with E-state index in [0.29, 0.717) is 37.0 Å². The van der Waals surface area contributed by atoms with E-state index < -0.39 is 0 Å². The van der Waals surface area contributed by atoms with Crippen molar-refractivity contribution in [1.29, 1.82) is 5.26 Å². The molecule has 0 unspecified atom stereocenters. The molecule has 0 bridgehead atoms. The molecular formula is C23H20N6O2S. The first-order valence-electron chi connectivity index (χ1n) is 10.2. The Bertz CT molecular complexity index is 1350. The molecule has 1 fully saturated rings. The molecule has 1 aromatic carbocycles. The number of carbonyl (C=O) groups excluding carboxylic acids is 1. The minimum Gasteiger partial charge on any atom is -0.378 e. The first-order chi connectivity index (χ1) is 15.6. The van der Waals surface area contributed by atoms with Gasteiger partial charge in [-0.2, -0.15) is 5.26 Å². The second-order valence-corrected chi connectivity index (χ2v) is 8.46. The molecule has 9 heteroatoms. The smallest absolute Gasteiger partial charge is 0.323 e. The number of carbonyl (C=O) groups is 1. The largest absolute Gasteiger partial charge is 0.378 e. The van der Waals surface area contributed by atoms with Crippen molar-refractivity contribution in [3.05, 3.63) is 60.0 Å². The summed E-state index contributed by atoms with van der Waals surface area (Å²) in [6.07, 6.45) is 3.85. The second-order valence-electron chi connectivity index (χ2n) is 7.46. The van der Waals surface area contributed by atoms with E-state index >= 15 is 0 Å². The van der Waals surface area contributed by atoms with Crippen LogP contribution in [0, 0.1) is 18.3 Å². The van der Waals surface area contributed by atoms with Crippen molar-refractivity contribution in [2.45, 2.75) is 6.92 Å². The fourth-order valence-electron chi connectivity index (χ4n) is 3.67. The van der Waals surface area contributed by atoms with E-state index in [9.17, 15) is 10.1 Å². The molecule has 160 valence electrons. The third kappa shape index (κ3) is 3.82. The van der Waals surface area contributed by atoms with Gasteiger partial charge in [-0.15, -0.1) is 0 Å². The van der Waals surface area contributed by atoms with Gasteiger partial charge in [-0.05, 0) is 31.2 Å². The molecule has 2 amide bonds. The molecule has 3 aromatic heterocycles. The number of nitrogens with one attached hydrogen (secondary N) is 1. The van der Waals surface area contributed by atoms with Crippen molar-refractivity contribution in [3.63, 3.8) is 0 Å². The SMILES string of the molecule is Cc1cnc2ccc(-c3sc(NC(=O)N4CCOCC4)nc3-c3cccc(C#N)c3)cn12. The summed E-state index contributed by atoms with van der Waals surface area (Å²) in [5.41, 5.74) is 4.96. The van der Waals surface area contributed by atoms with Gasteiger partial charge in [0.15, 0.2) is 5.13 Å². The van der Waals surface area contributed by atoms with E-state index in [4.69, 9.17) is 9.72 Å². The van der Waals surface area contributed by atoms with Crippen molar-refractivity contribution in [1.82, 2.24) is 19.3 Å². The lowest BCUT2D eigenvalue weighted by Gasteiger charge is -2.26. The van der Waals surface area contributed by atoms with Crippen molar-refractivity contribution < 1.29 is 9.53 Å². The average Bonchev–Trinajstić information content (AvgIpc) is 3.43. The number of pyridine rings is 1. The fraction of sp³-hybridized carbons (Fsp3) is 0.217. The highest BCUT2D eigenvalue weighted by Crippen LogP contribution is 2.39. The summed E-state index contributed by atoms with van der Waals surface area (Å²) in [6.45, 7) is 4.18. The van der Waals surface area contributed by atoms with E-state index in [1.807, 2.05) is 54.0 Å². The molecule has 32 heavy (non-hydrogen) atoms. The number of urea groups is 1. The monoisotopic (exact) mass is 444 g/mol. The average molecular weight is 445 g/mol. The lowest BCUT2D eigenvalue weighted by Crippen LogP contribution is -2.43. The molecule has 4 heterocycles. The molecule has 5 rings (SSSR count). The number of nitriles is 1. The maximum absolute atomic E-state index is 12.7. The highest BCUT2D eigenvalue weighted by Gasteiger charge is 2.21. The number of ether oxygens (including phenoxy) is 1. The number of morpholine rings is 1. The molecule has 1 N–H and O–H groups in total. The third-order valence-electron chi connectivity index (χ3n) is 5.36. The van der Waals surface area contributed by atoms with Crippen molar-refractivity contribution in [2.24, 2.45) is 0 Å². The van der Waals surface area contributed by atoms with E-state index in [1.165, 1.54) is 11.3 Å². The van der Waals surface area contributed by atoms with Crippen molar-refractivity contribution >= 4 is 28.1 Å². The summed E-state index contributed by atoms with van der Waals surface area (Å²) in [7, 11) is 0. The molecule has 8 nitrogen and oxygen atoms in total. The molecule has 1 aliphatic rings. The van der Waals surface area contributed by atoms with Gasteiger partial charge in [0.1, 0.15) is 5.65 Å². The van der Waals surface area contributed by atoms with Crippen LogP contribution in [0.2, 0.25) is 0 Å². The maximum atomic E-state index is 12.7. The van der Waals surface area contributed by atoms with Gasteiger partial charge in [-0.1, -0.05) is 23.5 Å². The standard InChI is InChI=1S/C23H20N6O2S/c1-15-13-25-19-6-5-18(14-29(15)19)21-20(17-4-2-3-16(11-17)12-24)26-22(32-21)27-23(30)28-7-9-31-10-8-28/h2-6,11,13-14H,7-10H2,1H3,(H,26,27,30). The first kappa shape index (κ1) is 20.2. The van der Waals surface area contributed by atoms with Crippen molar-refractivity contribution in [3.8, 4) is 27.8 Å². The Balaban J connectivity index is 1.57. The van der Waals surface area contributed by atoms with Crippen LogP contribution in [-0.2, 0) is 4.74 Å². The summed E-state index contributed by atoms with van der Waals surface area (Å²) >= 11 is 1.41. The highest BCUT2D eigenvalue weighted by atomic mass is 32.1. The Morgan fingerprint density at radius 1 is 1.22 bits per heavy atom. The molecule has 1 aliphatic heterocycles. The lowest BCUT2D eigenvalue weighted by atomic mass is 10.1. The zero-order chi connectivity index (χ0) is 22.1. The number of hydrogen-bond acceptors (Lipinski definition) is 6. The van der Waals surface area contributed by atoms with Gasteiger partial charge in [0.05, 0.1) is 35.4 Å². The maximum Gasteiger partial charge on any atom is 0.323 e. The number of imidazole rings is 1. The Labute approximate surface area is 188 Å². The highest BCUT2D eigenvalue weighted by molar-refractivity contribution is 7.19. The number of nitrogens with zero attached hydrogens (tertiary/aromatic N) is 5. The zero-order valence-electron chi connectivity index (χ0n) is 17.4. The Morgan fingerprint density at radius 2 is 2.06 bits per heavy atom. The summed E-state index contributed by atoms with van der Waals surface area (Å²) in [5.74, 6) is 0. The van der Waals surface area contributed by atoms with Crippen LogP contribution >= 0.6 is 11.3 Å². The Kier molecular flexibility index (Phi) is 5.31. The Hall–Kier alpha value is -3.74. The quantitative estimate of drug-likeness (QED) is 0.512. The number of rotatable bonds is 3. The van der Waals surface area contributed by atoms with Gasteiger partial charge >= 0.3 is 6.03 Å².